The third-order valence-electron chi connectivity index (χ3n) is 4.46. The molecule has 0 aromatic heterocycles. The maximum atomic E-state index is 12.6. The minimum Gasteiger partial charge on any atom is -0.493 e. The fraction of sp³-hybridized carbons (Fsp3) is 0.0833. The number of amides is 1. The Kier molecular flexibility index (Phi) is 7.38. The van der Waals surface area contributed by atoms with Gasteiger partial charge in [0, 0.05) is 10.7 Å². The van der Waals surface area contributed by atoms with Gasteiger partial charge >= 0.3 is 10.1 Å². The number of aryl methyl sites for hydroxylation is 1. The summed E-state index contributed by atoms with van der Waals surface area (Å²) >= 11 is 5.91. The zero-order valence-electron chi connectivity index (χ0n) is 17.7. The Bertz CT molecular complexity index is 1360. The smallest absolute Gasteiger partial charge is 0.339 e. The lowest BCUT2D eigenvalue weighted by atomic mass is 10.1. The molecule has 0 heterocycles. The van der Waals surface area contributed by atoms with Crippen molar-refractivity contribution in [2.75, 3.05) is 12.4 Å². The van der Waals surface area contributed by atoms with Crippen LogP contribution in [-0.2, 0) is 14.9 Å². The molecule has 168 valence electrons. The minimum absolute atomic E-state index is 0.00331. The second-order valence-corrected chi connectivity index (χ2v) is 8.88. The van der Waals surface area contributed by atoms with Crippen LogP contribution in [0.4, 0.5) is 5.69 Å². The van der Waals surface area contributed by atoms with Crippen molar-refractivity contribution in [3.8, 4) is 17.6 Å². The monoisotopic (exact) mass is 482 g/mol. The zero-order valence-corrected chi connectivity index (χ0v) is 19.3. The normalized spacial score (nSPS) is 11.4. The number of carbonyl (C=O) groups is 1. The number of nitrogens with one attached hydrogen (secondary N) is 1. The highest BCUT2D eigenvalue weighted by Gasteiger charge is 2.19. The van der Waals surface area contributed by atoms with E-state index in [4.69, 9.17) is 20.5 Å². The van der Waals surface area contributed by atoms with E-state index >= 15 is 0 Å². The first-order chi connectivity index (χ1) is 15.7. The van der Waals surface area contributed by atoms with Crippen LogP contribution >= 0.6 is 11.6 Å². The van der Waals surface area contributed by atoms with Crippen LogP contribution in [-0.4, -0.2) is 21.4 Å². The van der Waals surface area contributed by atoms with E-state index in [1.165, 1.54) is 43.5 Å². The van der Waals surface area contributed by atoms with Crippen LogP contribution in [0.1, 0.15) is 11.1 Å². The molecule has 7 nitrogen and oxygen atoms in total. The lowest BCUT2D eigenvalue weighted by Crippen LogP contribution is -2.13. The van der Waals surface area contributed by atoms with Gasteiger partial charge in [0.1, 0.15) is 16.5 Å². The molecule has 9 heteroatoms. The van der Waals surface area contributed by atoms with Crippen LogP contribution in [0, 0.1) is 18.3 Å². The van der Waals surface area contributed by atoms with Gasteiger partial charge in [0.15, 0.2) is 11.5 Å². The number of anilines is 1. The molecule has 0 saturated heterocycles. The number of hydrogen-bond acceptors (Lipinski definition) is 6. The first-order valence-corrected chi connectivity index (χ1v) is 11.4. The molecule has 0 aliphatic rings. The average molecular weight is 483 g/mol. The van der Waals surface area contributed by atoms with Gasteiger partial charge in [0.05, 0.1) is 7.11 Å². The fourth-order valence-corrected chi connectivity index (χ4v) is 3.92. The number of benzene rings is 3. The maximum absolute atomic E-state index is 12.6. The number of ether oxygens (including phenoxy) is 1. The molecular weight excluding hydrogens is 464 g/mol. The van der Waals surface area contributed by atoms with E-state index in [2.05, 4.69) is 5.32 Å². The molecule has 0 aliphatic carbocycles. The van der Waals surface area contributed by atoms with Gasteiger partial charge in [-0.1, -0.05) is 41.4 Å². The maximum Gasteiger partial charge on any atom is 0.339 e. The van der Waals surface area contributed by atoms with Gasteiger partial charge in [-0.15, -0.1) is 0 Å². The largest absolute Gasteiger partial charge is 0.493 e. The molecule has 0 spiro atoms. The standard InChI is InChI=1S/C24H19ClN2O5S/c1-16-6-9-21(10-7-16)33(29,30)32-22-11-8-17(13-23(22)31-2)12-18(15-26)24(28)27-20-5-3-4-19(25)14-20/h3-14H,1-2H3,(H,27,28)/b18-12+. The summed E-state index contributed by atoms with van der Waals surface area (Å²) in [6.45, 7) is 1.84. The highest BCUT2D eigenvalue weighted by Crippen LogP contribution is 2.31. The Labute approximate surface area is 197 Å². The lowest BCUT2D eigenvalue weighted by molar-refractivity contribution is -0.112. The van der Waals surface area contributed by atoms with E-state index in [0.29, 0.717) is 16.3 Å². The summed E-state index contributed by atoms with van der Waals surface area (Å²) in [5.74, 6) is -0.537. The minimum atomic E-state index is -4.08. The molecular formula is C24H19ClN2O5S. The Hall–Kier alpha value is -3.80. The number of rotatable bonds is 7. The number of carbonyl (C=O) groups excluding carboxylic acids is 1. The average Bonchev–Trinajstić information content (AvgIpc) is 2.78. The Morgan fingerprint density at radius 2 is 1.79 bits per heavy atom. The van der Waals surface area contributed by atoms with Crippen molar-refractivity contribution in [3.05, 3.63) is 88.5 Å². The Morgan fingerprint density at radius 3 is 2.42 bits per heavy atom. The molecule has 0 atom stereocenters. The van der Waals surface area contributed by atoms with E-state index in [-0.39, 0.29) is 22.0 Å². The van der Waals surface area contributed by atoms with Crippen LogP contribution in [0.15, 0.2) is 77.2 Å². The summed E-state index contributed by atoms with van der Waals surface area (Å²) in [7, 11) is -2.73. The summed E-state index contributed by atoms with van der Waals surface area (Å²) in [5.41, 5.74) is 1.62. The first kappa shape index (κ1) is 23.9. The molecule has 0 saturated carbocycles. The molecule has 3 aromatic carbocycles. The van der Waals surface area contributed by atoms with Gasteiger partial charge < -0.3 is 14.2 Å². The van der Waals surface area contributed by atoms with Crippen LogP contribution in [0.5, 0.6) is 11.5 Å². The highest BCUT2D eigenvalue weighted by molar-refractivity contribution is 7.87. The number of methoxy groups -OCH3 is 1. The molecule has 1 N–H and O–H groups in total. The van der Waals surface area contributed by atoms with Crippen LogP contribution in [0.3, 0.4) is 0 Å². The lowest BCUT2D eigenvalue weighted by Gasteiger charge is -2.12. The summed E-state index contributed by atoms with van der Waals surface area (Å²) in [6.07, 6.45) is 1.35. The third-order valence-corrected chi connectivity index (χ3v) is 5.94. The molecule has 3 rings (SSSR count). The van der Waals surface area contributed by atoms with E-state index in [9.17, 15) is 18.5 Å². The molecule has 0 bridgehead atoms. The number of nitrogens with zero attached hydrogens (tertiary/aromatic N) is 1. The summed E-state index contributed by atoms with van der Waals surface area (Å²) in [5, 5.41) is 12.5. The number of hydrogen-bond donors (Lipinski definition) is 1. The molecule has 0 unspecified atom stereocenters. The van der Waals surface area contributed by atoms with Crippen molar-refractivity contribution in [2.24, 2.45) is 0 Å². The molecule has 3 aromatic rings. The van der Waals surface area contributed by atoms with Gasteiger partial charge in [-0.3, -0.25) is 4.79 Å². The third kappa shape index (κ3) is 6.13. The molecule has 33 heavy (non-hydrogen) atoms. The second-order valence-electron chi connectivity index (χ2n) is 6.90. The topological polar surface area (TPSA) is 105 Å². The molecule has 0 fully saturated rings. The first-order valence-electron chi connectivity index (χ1n) is 9.60. The quantitative estimate of drug-likeness (QED) is 0.289. The van der Waals surface area contributed by atoms with Crippen molar-refractivity contribution >= 4 is 39.4 Å². The van der Waals surface area contributed by atoms with Crippen LogP contribution in [0.25, 0.3) is 6.08 Å². The van der Waals surface area contributed by atoms with Crippen molar-refractivity contribution in [1.82, 2.24) is 0 Å². The number of nitriles is 1. The van der Waals surface area contributed by atoms with Gasteiger partial charge in [0.25, 0.3) is 5.91 Å². The van der Waals surface area contributed by atoms with Gasteiger partial charge in [-0.05, 0) is 61.0 Å². The van der Waals surface area contributed by atoms with Gasteiger partial charge in [-0.25, -0.2) is 0 Å². The molecule has 0 aliphatic heterocycles. The van der Waals surface area contributed by atoms with E-state index in [0.717, 1.165) is 5.56 Å². The Morgan fingerprint density at radius 1 is 1.06 bits per heavy atom. The summed E-state index contributed by atoms with van der Waals surface area (Å²) < 4.78 is 35.7. The van der Waals surface area contributed by atoms with Crippen molar-refractivity contribution in [2.45, 2.75) is 11.8 Å². The van der Waals surface area contributed by atoms with E-state index < -0.39 is 16.0 Å². The summed E-state index contributed by atoms with van der Waals surface area (Å²) in [4.78, 5) is 12.5. The predicted molar refractivity (Wildman–Crippen MR) is 126 cm³/mol. The van der Waals surface area contributed by atoms with Crippen molar-refractivity contribution in [3.63, 3.8) is 0 Å². The Balaban J connectivity index is 1.84. The predicted octanol–water partition coefficient (Wildman–Crippen LogP) is 4.97. The van der Waals surface area contributed by atoms with Crippen molar-refractivity contribution < 1.29 is 22.1 Å². The van der Waals surface area contributed by atoms with Crippen LogP contribution in [0.2, 0.25) is 5.02 Å². The van der Waals surface area contributed by atoms with E-state index in [1.807, 2.05) is 13.0 Å². The van der Waals surface area contributed by atoms with Gasteiger partial charge in [-0.2, -0.15) is 13.7 Å². The van der Waals surface area contributed by atoms with E-state index in [1.54, 1.807) is 36.4 Å². The zero-order chi connectivity index (χ0) is 24.0. The van der Waals surface area contributed by atoms with Crippen LogP contribution < -0.4 is 14.2 Å². The fourth-order valence-electron chi connectivity index (χ4n) is 2.79. The highest BCUT2D eigenvalue weighted by atomic mass is 35.5. The SMILES string of the molecule is COc1cc(/C=C(\C#N)C(=O)Nc2cccc(Cl)c2)ccc1OS(=O)(=O)c1ccc(C)cc1. The molecule has 1 amide bonds. The molecule has 0 radical (unpaired) electrons. The van der Waals surface area contributed by atoms with Crippen molar-refractivity contribution in [1.29, 1.82) is 5.26 Å². The second kappa shape index (κ2) is 10.2. The summed E-state index contributed by atoms with van der Waals surface area (Å²) in [6, 6.07) is 19.0. The van der Waals surface area contributed by atoms with Gasteiger partial charge in [0.2, 0.25) is 0 Å². The number of halogens is 1.